The summed E-state index contributed by atoms with van der Waals surface area (Å²) in [6, 6.07) is 0. The number of nitrogens with zero attached hydrogens (tertiary/aromatic N) is 4. The van der Waals surface area contributed by atoms with Crippen molar-refractivity contribution in [3.63, 3.8) is 0 Å². The summed E-state index contributed by atoms with van der Waals surface area (Å²) >= 11 is 0. The minimum atomic E-state index is -4.71. The number of fused-ring (bicyclic) bond motifs is 1. The minimum Gasteiger partial charge on any atom is -0.380 e. The Kier molecular flexibility index (Phi) is 3.86. The van der Waals surface area contributed by atoms with Crippen molar-refractivity contribution in [2.24, 2.45) is 25.9 Å². The monoisotopic (exact) mass is 360 g/mol. The molecule has 0 radical (unpaired) electrons. The summed E-state index contributed by atoms with van der Waals surface area (Å²) in [4.78, 5) is 28.9. The topological polar surface area (TPSA) is 82.1 Å². The fraction of sp³-hybridized carbons (Fsp3) is 0.667. The number of imidazole rings is 1. The van der Waals surface area contributed by atoms with Crippen LogP contribution in [0.5, 0.6) is 0 Å². The molecule has 0 aliphatic heterocycles. The van der Waals surface area contributed by atoms with Gasteiger partial charge in [-0.15, -0.1) is 0 Å². The average molecular weight is 360 g/mol. The van der Waals surface area contributed by atoms with Crippen LogP contribution in [0, 0.1) is 11.8 Å². The van der Waals surface area contributed by atoms with Crippen molar-refractivity contribution < 1.29 is 18.3 Å². The van der Waals surface area contributed by atoms with Gasteiger partial charge in [0.25, 0.3) is 5.56 Å². The Balaban J connectivity index is 1.86. The number of hydrogen-bond donors (Lipinski definition) is 1. The van der Waals surface area contributed by atoms with Gasteiger partial charge in [-0.25, -0.2) is 9.78 Å². The van der Waals surface area contributed by atoms with Crippen LogP contribution in [0.4, 0.5) is 13.2 Å². The van der Waals surface area contributed by atoms with Crippen molar-refractivity contribution in [3.05, 3.63) is 27.2 Å². The van der Waals surface area contributed by atoms with Crippen LogP contribution in [0.15, 0.2) is 15.9 Å². The van der Waals surface area contributed by atoms with Gasteiger partial charge >= 0.3 is 11.9 Å². The second kappa shape index (κ2) is 5.45. The molecule has 1 atom stereocenters. The van der Waals surface area contributed by atoms with Crippen molar-refractivity contribution in [1.29, 1.82) is 0 Å². The van der Waals surface area contributed by atoms with E-state index in [1.807, 2.05) is 0 Å². The third kappa shape index (κ3) is 2.59. The molecule has 0 amide bonds. The Morgan fingerprint density at radius 3 is 2.44 bits per heavy atom. The quantitative estimate of drug-likeness (QED) is 0.877. The largest absolute Gasteiger partial charge is 0.417 e. The lowest BCUT2D eigenvalue weighted by Gasteiger charge is -2.44. The first-order valence-electron chi connectivity index (χ1n) is 7.85. The second-order valence-electron chi connectivity index (χ2n) is 6.96. The van der Waals surface area contributed by atoms with Crippen molar-refractivity contribution in [1.82, 2.24) is 18.7 Å². The van der Waals surface area contributed by atoms with Gasteiger partial charge in [-0.1, -0.05) is 0 Å². The standard InChI is InChI=1S/C15H19F3N4O3/c1-14(25,15(16,17)18)9-4-8(5-9)6-22-12(23)10-11(19-7-20(10)2)21(3)13(22)24/h7-9,25H,4-6H2,1-3H3/t8-,9-,14-/m0/s1. The number of aromatic nitrogens is 4. The smallest absolute Gasteiger partial charge is 0.380 e. The Hall–Kier alpha value is -2.10. The molecule has 3 rings (SSSR count). The maximum absolute atomic E-state index is 12.9. The van der Waals surface area contributed by atoms with E-state index in [0.29, 0.717) is 0 Å². The van der Waals surface area contributed by atoms with Crippen molar-refractivity contribution >= 4 is 11.2 Å². The molecule has 0 spiro atoms. The number of halogens is 3. The lowest BCUT2D eigenvalue weighted by Crippen LogP contribution is -2.54. The third-order valence-corrected chi connectivity index (χ3v) is 5.25. The van der Waals surface area contributed by atoms with Crippen LogP contribution < -0.4 is 11.2 Å². The van der Waals surface area contributed by atoms with Gasteiger partial charge in [0.05, 0.1) is 6.33 Å². The molecule has 2 heterocycles. The van der Waals surface area contributed by atoms with E-state index in [2.05, 4.69) is 4.98 Å². The predicted molar refractivity (Wildman–Crippen MR) is 83.1 cm³/mol. The first-order valence-corrected chi connectivity index (χ1v) is 7.85. The normalized spacial score (nSPS) is 23.5. The van der Waals surface area contributed by atoms with Gasteiger partial charge in [-0.2, -0.15) is 13.2 Å². The first-order chi connectivity index (χ1) is 11.4. The molecule has 0 saturated heterocycles. The maximum atomic E-state index is 12.9. The molecule has 1 fully saturated rings. The fourth-order valence-corrected chi connectivity index (χ4v) is 3.39. The Labute approximate surface area is 140 Å². The van der Waals surface area contributed by atoms with E-state index in [9.17, 15) is 27.9 Å². The molecule has 2 aromatic heterocycles. The van der Waals surface area contributed by atoms with E-state index in [-0.39, 0.29) is 36.5 Å². The van der Waals surface area contributed by atoms with Gasteiger partial charge in [0.1, 0.15) is 0 Å². The zero-order valence-electron chi connectivity index (χ0n) is 14.0. The minimum absolute atomic E-state index is 0.0249. The Morgan fingerprint density at radius 1 is 1.28 bits per heavy atom. The molecule has 1 aliphatic rings. The molecular weight excluding hydrogens is 341 g/mol. The number of aliphatic hydroxyl groups is 1. The summed E-state index contributed by atoms with van der Waals surface area (Å²) < 4.78 is 42.4. The van der Waals surface area contributed by atoms with Crippen LogP contribution in [0.25, 0.3) is 11.2 Å². The highest BCUT2D eigenvalue weighted by Crippen LogP contribution is 2.48. The molecule has 1 saturated carbocycles. The third-order valence-electron chi connectivity index (χ3n) is 5.25. The van der Waals surface area contributed by atoms with Crippen LogP contribution in [-0.2, 0) is 20.6 Å². The SMILES string of the molecule is Cn1cnc2c1c(=O)n(C[C@H]1C[C@H]([C@](C)(O)C(F)(F)F)C1)c(=O)n2C. The molecule has 1 N–H and O–H groups in total. The van der Waals surface area contributed by atoms with E-state index in [0.717, 1.165) is 11.5 Å². The molecule has 1 aliphatic carbocycles. The molecule has 0 aromatic carbocycles. The molecule has 138 valence electrons. The van der Waals surface area contributed by atoms with Gasteiger partial charge in [0.15, 0.2) is 16.8 Å². The zero-order valence-corrected chi connectivity index (χ0v) is 14.0. The lowest BCUT2D eigenvalue weighted by atomic mass is 9.66. The number of alkyl halides is 3. The van der Waals surface area contributed by atoms with Crippen molar-refractivity contribution in [2.45, 2.75) is 38.1 Å². The van der Waals surface area contributed by atoms with Crippen LogP contribution in [0.2, 0.25) is 0 Å². The molecule has 25 heavy (non-hydrogen) atoms. The molecular formula is C15H19F3N4O3. The average Bonchev–Trinajstić information content (AvgIpc) is 2.83. The van der Waals surface area contributed by atoms with Crippen molar-refractivity contribution in [3.8, 4) is 0 Å². The van der Waals surface area contributed by atoms with Crippen LogP contribution >= 0.6 is 0 Å². The van der Waals surface area contributed by atoms with E-state index in [1.54, 1.807) is 7.05 Å². The van der Waals surface area contributed by atoms with Gasteiger partial charge in [0, 0.05) is 20.6 Å². The summed E-state index contributed by atoms with van der Waals surface area (Å²) in [5, 5.41) is 9.69. The van der Waals surface area contributed by atoms with Crippen LogP contribution in [0.1, 0.15) is 19.8 Å². The highest BCUT2D eigenvalue weighted by atomic mass is 19.4. The van der Waals surface area contributed by atoms with Crippen LogP contribution in [0.3, 0.4) is 0 Å². The number of aryl methyl sites for hydroxylation is 2. The molecule has 7 nitrogen and oxygen atoms in total. The fourth-order valence-electron chi connectivity index (χ4n) is 3.39. The van der Waals surface area contributed by atoms with Crippen LogP contribution in [-0.4, -0.2) is 35.6 Å². The lowest BCUT2D eigenvalue weighted by molar-refractivity contribution is -0.284. The van der Waals surface area contributed by atoms with Gasteiger partial charge < -0.3 is 9.67 Å². The van der Waals surface area contributed by atoms with Crippen molar-refractivity contribution in [2.75, 3.05) is 0 Å². The Morgan fingerprint density at radius 2 is 1.88 bits per heavy atom. The van der Waals surface area contributed by atoms with E-state index >= 15 is 0 Å². The summed E-state index contributed by atoms with van der Waals surface area (Å²) in [5.74, 6) is -1.20. The molecule has 0 unspecified atom stereocenters. The number of rotatable bonds is 3. The molecule has 0 bridgehead atoms. The highest BCUT2D eigenvalue weighted by Gasteiger charge is 2.57. The predicted octanol–water partition coefficient (Wildman–Crippen LogP) is 0.773. The summed E-state index contributed by atoms with van der Waals surface area (Å²) in [6.07, 6.45) is -3.07. The summed E-state index contributed by atoms with van der Waals surface area (Å²) in [7, 11) is 3.12. The van der Waals surface area contributed by atoms with E-state index < -0.39 is 28.9 Å². The highest BCUT2D eigenvalue weighted by molar-refractivity contribution is 5.69. The van der Waals surface area contributed by atoms with Gasteiger partial charge in [-0.3, -0.25) is 13.9 Å². The summed E-state index contributed by atoms with van der Waals surface area (Å²) in [6.45, 7) is 0.790. The second-order valence-corrected chi connectivity index (χ2v) is 6.96. The maximum Gasteiger partial charge on any atom is 0.417 e. The summed E-state index contributed by atoms with van der Waals surface area (Å²) in [5.41, 5.74) is -3.29. The van der Waals surface area contributed by atoms with Gasteiger partial charge in [-0.05, 0) is 31.6 Å². The number of hydrogen-bond acceptors (Lipinski definition) is 4. The molecule has 10 heteroatoms. The van der Waals surface area contributed by atoms with E-state index in [4.69, 9.17) is 0 Å². The zero-order chi connectivity index (χ0) is 18.7. The first kappa shape index (κ1) is 17.7. The molecule has 2 aromatic rings. The van der Waals surface area contributed by atoms with E-state index in [1.165, 1.54) is 22.5 Å². The Bertz CT molecular complexity index is 932. The van der Waals surface area contributed by atoms with Gasteiger partial charge in [0.2, 0.25) is 0 Å².